The highest BCUT2D eigenvalue weighted by Gasteiger charge is 2.32. The van der Waals surface area contributed by atoms with Crippen molar-refractivity contribution in [2.45, 2.75) is 55.6 Å². The Morgan fingerprint density at radius 1 is 1.02 bits per heavy atom. The number of halogens is 5. The van der Waals surface area contributed by atoms with E-state index in [2.05, 4.69) is 4.74 Å². The van der Waals surface area contributed by atoms with Gasteiger partial charge in [-0.2, -0.15) is 13.2 Å². The number of likely N-dealkylation sites (tertiary alicyclic amines) is 1. The molecule has 2 heterocycles. The number of aromatic nitrogens is 1. The van der Waals surface area contributed by atoms with Crippen LogP contribution >= 0.6 is 11.8 Å². The van der Waals surface area contributed by atoms with E-state index in [0.29, 0.717) is 14.0 Å². The highest BCUT2D eigenvalue weighted by molar-refractivity contribution is 7.98. The summed E-state index contributed by atoms with van der Waals surface area (Å²) < 4.78 is 343. The summed E-state index contributed by atoms with van der Waals surface area (Å²) in [5, 5.41) is -2.94. The predicted molar refractivity (Wildman–Crippen MR) is 198 cm³/mol. The second kappa shape index (κ2) is 16.7. The number of para-hydroxylation sites is 1. The molecule has 12 heteroatoms. The molecule has 6 rings (SSSR count). The highest BCUT2D eigenvalue weighted by Crippen LogP contribution is 2.34. The number of rotatable bonds is 12. The summed E-state index contributed by atoms with van der Waals surface area (Å²) in [6.45, 7) is -23.5. The number of methoxy groups -OCH3 is 1. The molecule has 0 unspecified atom stereocenters. The van der Waals surface area contributed by atoms with E-state index in [1.54, 1.807) is 0 Å². The molecule has 1 aliphatic heterocycles. The third kappa shape index (κ3) is 9.00. The van der Waals surface area contributed by atoms with Gasteiger partial charge in [-0.25, -0.2) is 8.78 Å². The zero-order chi connectivity index (χ0) is 64.2. The molecular formula is C41H40F5N3O3S. The van der Waals surface area contributed by atoms with Crippen molar-refractivity contribution in [3.63, 3.8) is 0 Å². The van der Waals surface area contributed by atoms with Crippen molar-refractivity contribution in [1.82, 2.24) is 14.4 Å². The minimum atomic E-state index is -5.42. The van der Waals surface area contributed by atoms with Crippen LogP contribution in [0, 0.1) is 18.6 Å². The van der Waals surface area contributed by atoms with Crippen LogP contribution in [-0.2, 0) is 34.5 Å². The quantitative estimate of drug-likeness (QED) is 0.0938. The largest absolute Gasteiger partial charge is 0.416 e. The lowest BCUT2D eigenvalue weighted by Crippen LogP contribution is -2.48. The molecule has 0 saturated carbocycles. The molecule has 0 spiro atoms. The Labute approximate surface area is 351 Å². The van der Waals surface area contributed by atoms with E-state index in [1.165, 1.54) is 0 Å². The summed E-state index contributed by atoms with van der Waals surface area (Å²) in [6, 6.07) is -28.7. The van der Waals surface area contributed by atoms with Crippen molar-refractivity contribution < 1.29 is 72.6 Å². The van der Waals surface area contributed by atoms with Gasteiger partial charge in [0.05, 0.1) is 52.8 Å². The Balaban J connectivity index is 1.85. The maximum Gasteiger partial charge on any atom is 0.416 e. The van der Waals surface area contributed by atoms with Gasteiger partial charge < -0.3 is 19.1 Å². The molecule has 0 bridgehead atoms. The molecule has 1 aliphatic rings. The second-order valence-electron chi connectivity index (χ2n) is 10.2. The van der Waals surface area contributed by atoms with Gasteiger partial charge >= 0.3 is 6.18 Å². The molecule has 0 aliphatic carbocycles. The van der Waals surface area contributed by atoms with Gasteiger partial charge in [-0.15, -0.1) is 11.8 Å². The first-order valence-corrected chi connectivity index (χ1v) is 15.5. The normalized spacial score (nSPS) is 27.5. The van der Waals surface area contributed by atoms with Gasteiger partial charge in [0.25, 0.3) is 0 Å². The fourth-order valence-electron chi connectivity index (χ4n) is 4.29. The Morgan fingerprint density at radius 2 is 1.74 bits per heavy atom. The maximum absolute atomic E-state index is 16.0. The van der Waals surface area contributed by atoms with Crippen LogP contribution in [0.3, 0.4) is 0 Å². The molecule has 6 nitrogen and oxygen atoms in total. The van der Waals surface area contributed by atoms with Crippen LogP contribution in [0.25, 0.3) is 22.0 Å². The Hall–Kier alpha value is -4.52. The SMILES string of the molecule is [2H]c1c([2H])c(F)c(F)c(CSc2c([2H])c(=O)c3c([2H])c([2H])c([2H])c([2H])c3n2C([2H])([2H])C(=O)N(C([2H])([2H])c2c([2H])c([2H])c(-c3c([2H])c([2H])c(C(F)(F)F)c(C)c3[2H])c([2H])c2[2H])C2([2H])C([2H])([2H])C([2H])([2H])N(CC([2H])([2H])OC)C([2H])([2H])C2([2H])[2H])c1[2H]. The van der Waals surface area contributed by atoms with Gasteiger partial charge in [0.15, 0.2) is 17.1 Å². The van der Waals surface area contributed by atoms with E-state index in [1.807, 2.05) is 0 Å². The van der Waals surface area contributed by atoms with E-state index < -0.39 is 247 Å². The predicted octanol–water partition coefficient (Wildman–Crippen LogP) is 8.71. The molecule has 1 amide bonds. The zero-order valence-corrected chi connectivity index (χ0v) is 27.6. The van der Waals surface area contributed by atoms with E-state index in [-0.39, 0.29) is 11.8 Å². The van der Waals surface area contributed by atoms with Gasteiger partial charge in [-0.3, -0.25) is 9.59 Å². The molecule has 53 heavy (non-hydrogen) atoms. The average molecular weight is 780 g/mol. The summed E-state index contributed by atoms with van der Waals surface area (Å²) in [5.41, 5.74) is -12.3. The number of hydrogen-bond donors (Lipinski definition) is 0. The van der Waals surface area contributed by atoms with Crippen LogP contribution in [0.15, 0.2) is 100 Å². The molecule has 1 saturated heterocycles. The number of hydrogen-bond acceptors (Lipinski definition) is 5. The van der Waals surface area contributed by atoms with Crippen molar-refractivity contribution in [2.75, 3.05) is 33.2 Å². The number of alkyl halides is 3. The number of ether oxygens (including phenoxy) is 1. The summed E-state index contributed by atoms with van der Waals surface area (Å²) in [4.78, 5) is 28.3. The standard InChI is InChI=1S/C41H40F5N3O3S/c1-27-22-30(14-15-34(27)41(44,45)46)29-12-10-28(11-13-29)24-48(32-16-18-47(19-17-32)20-21-52-2)38(51)25-49-36-9-4-3-7-33(36)37(50)23-39(49)53-26-31-6-5-8-35(42)40(31)43/h3-15,22-23,32H,16-21,24-26H2,1-2H3/i3D,4D,5D,6D,7D,8D,9D,10D,11D,12D,13D,14D,15D,16D2,17D2,18D2,19D2,21D2,22D,23D,24D2,25D2,32D. The van der Waals surface area contributed by atoms with Gasteiger partial charge in [0, 0.05) is 72.9 Å². The van der Waals surface area contributed by atoms with E-state index in [9.17, 15) is 34.7 Å². The third-order valence-electron chi connectivity index (χ3n) is 6.74. The molecule has 4 aromatic carbocycles. The molecule has 0 atom stereocenters. The Bertz CT molecular complexity index is 3560. The Kier molecular flexibility index (Phi) is 4.93. The summed E-state index contributed by atoms with van der Waals surface area (Å²) in [6.07, 6.45) is -15.3. The number of carbonyl (C=O) groups is 1. The maximum atomic E-state index is 16.0. The van der Waals surface area contributed by atoms with Crippen molar-refractivity contribution in [3.05, 3.63) is 135 Å². The van der Waals surface area contributed by atoms with Crippen LogP contribution < -0.4 is 5.43 Å². The zero-order valence-electron chi connectivity index (χ0n) is 56.8. The van der Waals surface area contributed by atoms with Gasteiger partial charge in [-0.05, 0) is 66.1 Å². The smallest absolute Gasteiger partial charge is 0.383 e. The lowest BCUT2D eigenvalue weighted by Gasteiger charge is -2.39. The minimum Gasteiger partial charge on any atom is -0.383 e. The van der Waals surface area contributed by atoms with E-state index >= 15 is 9.18 Å². The number of nitrogens with zero attached hydrogens (tertiary/aromatic N) is 3. The molecule has 5 aromatic rings. The number of thioether (sulfide) groups is 1. The van der Waals surface area contributed by atoms with Crippen LogP contribution in [0.1, 0.15) is 76.1 Å². The number of carbonyl (C=O) groups excluding carboxylic acids is 1. The van der Waals surface area contributed by atoms with E-state index in [4.69, 9.17) is 28.8 Å². The van der Waals surface area contributed by atoms with Gasteiger partial charge in [-0.1, -0.05) is 60.4 Å². The molecule has 0 N–H and O–H groups in total. The number of amides is 1. The van der Waals surface area contributed by atoms with Crippen molar-refractivity contribution in [3.8, 4) is 11.1 Å². The molecule has 1 aromatic heterocycles. The molecule has 278 valence electrons. The monoisotopic (exact) mass is 779 g/mol. The van der Waals surface area contributed by atoms with Crippen LogP contribution in [-0.4, -0.2) is 59.5 Å². The first-order chi connectivity index (χ1) is 37.3. The number of fused-ring (bicyclic) bond motifs is 1. The summed E-state index contributed by atoms with van der Waals surface area (Å²) in [7, 11) is 0.629. The number of piperidine rings is 1. The fourth-order valence-corrected chi connectivity index (χ4v) is 5.20. The van der Waals surface area contributed by atoms with E-state index in [0.717, 1.165) is 0 Å². The lowest BCUT2D eigenvalue weighted by molar-refractivity contribution is -0.138. The minimum absolute atomic E-state index is 0.290. The third-order valence-corrected chi connectivity index (χ3v) is 7.73. The summed E-state index contributed by atoms with van der Waals surface area (Å²) >= 11 is -0.290. The molecule has 0 radical (unpaired) electrons. The van der Waals surface area contributed by atoms with Crippen molar-refractivity contribution in [1.29, 1.82) is 0 Å². The lowest BCUT2D eigenvalue weighted by atomic mass is 9.98. The first kappa shape index (κ1) is 15.7. The van der Waals surface area contributed by atoms with Crippen LogP contribution in [0.4, 0.5) is 22.0 Å². The molecular weight excluding hydrogens is 710 g/mol. The highest BCUT2D eigenvalue weighted by atomic mass is 32.2. The fraction of sp³-hybridized carbons (Fsp3) is 0.317. The van der Waals surface area contributed by atoms with Gasteiger partial charge in [0.2, 0.25) is 5.91 Å². The van der Waals surface area contributed by atoms with Crippen LogP contribution in [0.2, 0.25) is 0 Å². The number of benzene rings is 4. The second-order valence-corrected chi connectivity index (χ2v) is 11.2. The topological polar surface area (TPSA) is 54.8 Å². The van der Waals surface area contributed by atoms with Crippen molar-refractivity contribution >= 4 is 28.6 Å². The van der Waals surface area contributed by atoms with Gasteiger partial charge in [0.1, 0.15) is 6.50 Å². The summed E-state index contributed by atoms with van der Waals surface area (Å²) in [5.74, 6) is -8.62. The number of pyridine rings is 1. The van der Waals surface area contributed by atoms with Crippen LogP contribution in [0.5, 0.6) is 0 Å². The average Bonchev–Trinajstić information content (AvgIpc) is 0.803. The van der Waals surface area contributed by atoms with Crippen molar-refractivity contribution in [2.24, 2.45) is 0 Å². The molecule has 1 fully saturated rings. The first-order valence-electron chi connectivity index (χ1n) is 29.5. The Morgan fingerprint density at radius 3 is 2.45 bits per heavy atom.